The molecular weight excluding hydrogens is 204 g/mol. The van der Waals surface area contributed by atoms with Gasteiger partial charge in [-0.2, -0.15) is 0 Å². The Balaban J connectivity index is -0.000000563. The van der Waals surface area contributed by atoms with Crippen LogP contribution in [0.4, 0.5) is 0 Å². The van der Waals surface area contributed by atoms with Crippen LogP contribution in [0.25, 0.3) is 0 Å². The molecule has 1 aromatic rings. The Morgan fingerprint density at radius 3 is 1.93 bits per heavy atom. The number of rotatable bonds is 1. The molecule has 74 valence electrons. The van der Waals surface area contributed by atoms with Gasteiger partial charge in [-0.05, 0) is 23.1 Å². The van der Waals surface area contributed by atoms with Crippen LogP contribution in [0, 0.1) is 0 Å². The molecule has 0 aliphatic rings. The van der Waals surface area contributed by atoms with Gasteiger partial charge in [0, 0.05) is 0 Å². The van der Waals surface area contributed by atoms with Crippen molar-refractivity contribution in [3.63, 3.8) is 0 Å². The monoisotopic (exact) mass is 220 g/mol. The predicted octanol–water partition coefficient (Wildman–Crippen LogP) is 2.53. The maximum absolute atomic E-state index is 10.6. The molecule has 2 nitrogen and oxygen atoms in total. The first-order chi connectivity index (χ1) is 5.91. The minimum Gasteiger partial charge on any atom is -1.00 e. The summed E-state index contributed by atoms with van der Waals surface area (Å²) in [5.41, 5.74) is 1.57. The largest absolute Gasteiger partial charge is 2.00 e. The van der Waals surface area contributed by atoms with E-state index in [-0.39, 0.29) is 46.0 Å². The molecule has 3 heteroatoms. The van der Waals surface area contributed by atoms with Gasteiger partial charge in [0.2, 0.25) is 0 Å². The topological polar surface area (TPSA) is 37.3 Å². The third kappa shape index (κ3) is 3.60. The molecule has 0 amide bonds. The van der Waals surface area contributed by atoms with Crippen molar-refractivity contribution in [2.75, 3.05) is 0 Å². The number of carbonyl (C=O) groups is 1. The normalized spacial score (nSPS) is 10.5. The number of benzene rings is 1. The number of carboxylic acid groups (broad SMARTS) is 1. The van der Waals surface area contributed by atoms with E-state index in [0.717, 1.165) is 5.56 Å². The Kier molecular flexibility index (Phi) is 5.13. The summed E-state index contributed by atoms with van der Waals surface area (Å²) in [6.07, 6.45) is 0. The number of carboxylic acids is 1. The van der Waals surface area contributed by atoms with Crippen molar-refractivity contribution in [1.29, 1.82) is 0 Å². The average Bonchev–Trinajstić information content (AvgIpc) is 2.03. The number of aromatic carboxylic acids is 1. The molecule has 1 N–H and O–H groups in total. The first-order valence-corrected chi connectivity index (χ1v) is 4.25. The van der Waals surface area contributed by atoms with E-state index in [0.29, 0.717) is 5.56 Å². The predicted molar refractivity (Wildman–Crippen MR) is 60.1 cm³/mol. The van der Waals surface area contributed by atoms with E-state index in [1.54, 1.807) is 12.1 Å². The van der Waals surface area contributed by atoms with Gasteiger partial charge < -0.3 is 7.96 Å². The van der Waals surface area contributed by atoms with E-state index >= 15 is 0 Å². The van der Waals surface area contributed by atoms with E-state index in [4.69, 9.17) is 5.11 Å². The maximum Gasteiger partial charge on any atom is 2.00 e. The molecule has 0 atom stereocenters. The van der Waals surface area contributed by atoms with Gasteiger partial charge in [0.15, 0.2) is 0 Å². The van der Waals surface area contributed by atoms with Gasteiger partial charge in [-0.1, -0.05) is 32.9 Å². The molecular formula is C11H16CaO2. The van der Waals surface area contributed by atoms with Gasteiger partial charge in [-0.15, -0.1) is 0 Å². The molecule has 0 aromatic heterocycles. The summed E-state index contributed by atoms with van der Waals surface area (Å²) in [4.78, 5) is 10.6. The zero-order chi connectivity index (χ0) is 10.1. The van der Waals surface area contributed by atoms with E-state index in [1.807, 2.05) is 12.1 Å². The second-order valence-corrected chi connectivity index (χ2v) is 4.13. The summed E-state index contributed by atoms with van der Waals surface area (Å²) in [6.45, 7) is 6.30. The zero-order valence-corrected chi connectivity index (χ0v) is 11.1. The molecule has 0 heterocycles. The van der Waals surface area contributed by atoms with Crippen LogP contribution < -0.4 is 0 Å². The van der Waals surface area contributed by atoms with Crippen molar-refractivity contribution in [3.05, 3.63) is 35.4 Å². The minimum atomic E-state index is -0.875. The van der Waals surface area contributed by atoms with Crippen molar-refractivity contribution in [3.8, 4) is 0 Å². The van der Waals surface area contributed by atoms with E-state index in [2.05, 4.69) is 20.8 Å². The third-order valence-corrected chi connectivity index (χ3v) is 2.00. The second-order valence-electron chi connectivity index (χ2n) is 4.13. The molecule has 0 aliphatic heterocycles. The van der Waals surface area contributed by atoms with E-state index < -0.39 is 5.97 Å². The summed E-state index contributed by atoms with van der Waals surface area (Å²) >= 11 is 0. The van der Waals surface area contributed by atoms with Crippen LogP contribution in [0.5, 0.6) is 0 Å². The fourth-order valence-electron chi connectivity index (χ4n) is 1.11. The van der Waals surface area contributed by atoms with Crippen molar-refractivity contribution in [1.82, 2.24) is 0 Å². The zero-order valence-electron chi connectivity index (χ0n) is 10.9. The Bertz CT molecular complexity index is 318. The molecule has 1 aromatic carbocycles. The van der Waals surface area contributed by atoms with Gasteiger partial charge in [0.25, 0.3) is 0 Å². The van der Waals surface area contributed by atoms with Crippen LogP contribution in [0.2, 0.25) is 0 Å². The van der Waals surface area contributed by atoms with Gasteiger partial charge >= 0.3 is 43.7 Å². The number of hydrogen-bond acceptors (Lipinski definition) is 1. The van der Waals surface area contributed by atoms with Crippen molar-refractivity contribution in [2.24, 2.45) is 0 Å². The Hall–Kier alpha value is -0.0503. The van der Waals surface area contributed by atoms with Gasteiger partial charge in [-0.3, -0.25) is 0 Å². The standard InChI is InChI=1S/C11H14O2.Ca.2H/c1-11(2,3)9-6-4-8(5-7-9)10(12)13;;;/h4-7H,1-3H3,(H,12,13);;;/q;+2;2*-1. The summed E-state index contributed by atoms with van der Waals surface area (Å²) < 4.78 is 0. The van der Waals surface area contributed by atoms with Gasteiger partial charge in [0.1, 0.15) is 0 Å². The summed E-state index contributed by atoms with van der Waals surface area (Å²) in [5, 5.41) is 8.68. The maximum atomic E-state index is 10.6. The van der Waals surface area contributed by atoms with Crippen molar-refractivity contribution in [2.45, 2.75) is 26.2 Å². The average molecular weight is 220 g/mol. The molecule has 0 saturated heterocycles. The molecule has 1 rings (SSSR count). The van der Waals surface area contributed by atoms with Crippen LogP contribution in [-0.2, 0) is 5.41 Å². The van der Waals surface area contributed by atoms with Crippen LogP contribution in [0.3, 0.4) is 0 Å². The molecule has 0 aliphatic carbocycles. The van der Waals surface area contributed by atoms with Gasteiger partial charge in [-0.25, -0.2) is 4.79 Å². The summed E-state index contributed by atoms with van der Waals surface area (Å²) in [6, 6.07) is 7.01. The number of hydrogen-bond donors (Lipinski definition) is 1. The molecule has 0 spiro atoms. The molecule has 0 unspecified atom stereocenters. The second kappa shape index (κ2) is 5.15. The smallest absolute Gasteiger partial charge is 1.00 e. The molecule has 0 radical (unpaired) electrons. The fraction of sp³-hybridized carbons (Fsp3) is 0.364. The SMILES string of the molecule is CC(C)(C)c1ccc(C(=O)O)cc1.[Ca+2].[H-].[H-]. The molecule has 0 fully saturated rings. The Morgan fingerprint density at radius 1 is 1.21 bits per heavy atom. The summed E-state index contributed by atoms with van der Waals surface area (Å²) in [5.74, 6) is -0.875. The first kappa shape index (κ1) is 13.9. The Morgan fingerprint density at radius 2 is 1.64 bits per heavy atom. The first-order valence-electron chi connectivity index (χ1n) is 4.25. The molecule has 0 bridgehead atoms. The fourth-order valence-corrected chi connectivity index (χ4v) is 1.11. The molecule has 14 heavy (non-hydrogen) atoms. The van der Waals surface area contributed by atoms with Crippen molar-refractivity contribution < 1.29 is 12.8 Å². The quantitative estimate of drug-likeness (QED) is 0.738. The summed E-state index contributed by atoms with van der Waals surface area (Å²) in [7, 11) is 0. The Labute approximate surface area is 117 Å². The third-order valence-electron chi connectivity index (χ3n) is 2.00. The van der Waals surface area contributed by atoms with Crippen LogP contribution in [0.1, 0.15) is 39.5 Å². The van der Waals surface area contributed by atoms with Crippen LogP contribution in [0.15, 0.2) is 24.3 Å². The molecule has 0 saturated carbocycles. The minimum absolute atomic E-state index is 0. The van der Waals surface area contributed by atoms with E-state index in [1.165, 1.54) is 0 Å². The van der Waals surface area contributed by atoms with Gasteiger partial charge in [0.05, 0.1) is 5.56 Å². The van der Waals surface area contributed by atoms with Crippen LogP contribution >= 0.6 is 0 Å². The van der Waals surface area contributed by atoms with E-state index in [9.17, 15) is 4.79 Å². The van der Waals surface area contributed by atoms with Crippen molar-refractivity contribution >= 4 is 43.7 Å². The van der Waals surface area contributed by atoms with Crippen LogP contribution in [-0.4, -0.2) is 48.8 Å².